The van der Waals surface area contributed by atoms with E-state index in [-0.39, 0.29) is 18.8 Å². The van der Waals surface area contributed by atoms with Crippen LogP contribution in [0.3, 0.4) is 0 Å². The predicted octanol–water partition coefficient (Wildman–Crippen LogP) is 10.2. The lowest BCUT2D eigenvalue weighted by Crippen LogP contribution is -2.37. The van der Waals surface area contributed by atoms with E-state index in [0.717, 1.165) is 5.92 Å². The fourth-order valence-electron chi connectivity index (χ4n) is 7.21. The minimum atomic E-state index is -3.72. The zero-order valence-electron chi connectivity index (χ0n) is 24.7. The van der Waals surface area contributed by atoms with Gasteiger partial charge < -0.3 is 14.2 Å². The highest BCUT2D eigenvalue weighted by Gasteiger charge is 2.44. The van der Waals surface area contributed by atoms with E-state index in [1.165, 1.54) is 57.4 Å². The lowest BCUT2D eigenvalue weighted by molar-refractivity contribution is -0.222. The quantitative estimate of drug-likeness (QED) is 0.152. The summed E-state index contributed by atoms with van der Waals surface area (Å²) in [5.74, 6) is -5.83. The Morgan fingerprint density at radius 3 is 2.02 bits per heavy atom. The van der Waals surface area contributed by atoms with Gasteiger partial charge in [0.25, 0.3) is 0 Å². The summed E-state index contributed by atoms with van der Waals surface area (Å²) in [5, 5.41) is 0. The third-order valence-corrected chi connectivity index (χ3v) is 9.85. The molecule has 2 aromatic carbocycles. The fraction of sp³-hybridized carbons (Fsp3) is 0.647. The molecule has 3 aliphatic rings. The summed E-state index contributed by atoms with van der Waals surface area (Å²) >= 11 is 0. The molecule has 5 rings (SSSR count). The monoisotopic (exact) mass is 612 g/mol. The zero-order valence-corrected chi connectivity index (χ0v) is 24.7. The van der Waals surface area contributed by atoms with E-state index < -0.39 is 47.3 Å². The molecule has 3 fully saturated rings. The molecule has 43 heavy (non-hydrogen) atoms. The van der Waals surface area contributed by atoms with Crippen LogP contribution in [-0.4, -0.2) is 19.3 Å². The average Bonchev–Trinajstić information content (AvgIpc) is 3.00. The number of unbranched alkanes of at least 4 members (excludes halogenated alkanes) is 2. The van der Waals surface area contributed by atoms with Gasteiger partial charge in [0.05, 0.1) is 19.1 Å². The largest absolute Gasteiger partial charge is 0.432 e. The van der Waals surface area contributed by atoms with Gasteiger partial charge in [-0.15, -0.1) is 0 Å². The third kappa shape index (κ3) is 7.88. The molecule has 0 atom stereocenters. The van der Waals surface area contributed by atoms with Crippen molar-refractivity contribution in [1.82, 2.24) is 0 Å². The number of benzene rings is 2. The second-order valence-electron chi connectivity index (χ2n) is 12.7. The molecule has 3 nitrogen and oxygen atoms in total. The smallest absolute Gasteiger partial charge is 0.400 e. The maximum atomic E-state index is 15.2. The van der Waals surface area contributed by atoms with Gasteiger partial charge in [-0.05, 0) is 67.9 Å². The molecule has 0 amide bonds. The summed E-state index contributed by atoms with van der Waals surface area (Å²) in [6.07, 6.45) is 6.54. The van der Waals surface area contributed by atoms with Gasteiger partial charge in [0.2, 0.25) is 0 Å². The maximum absolute atomic E-state index is 15.2. The minimum absolute atomic E-state index is 0.0297. The van der Waals surface area contributed by atoms with Crippen molar-refractivity contribution in [1.29, 1.82) is 0 Å². The topological polar surface area (TPSA) is 27.7 Å². The Labute approximate surface area is 250 Å². The molecule has 1 heterocycles. The van der Waals surface area contributed by atoms with Gasteiger partial charge in [-0.3, -0.25) is 0 Å². The molecule has 2 saturated carbocycles. The van der Waals surface area contributed by atoms with E-state index in [1.54, 1.807) is 12.1 Å². The number of rotatable bonds is 10. The van der Waals surface area contributed by atoms with Crippen LogP contribution in [0, 0.1) is 46.9 Å². The van der Waals surface area contributed by atoms with Gasteiger partial charge in [0, 0.05) is 23.6 Å². The summed E-state index contributed by atoms with van der Waals surface area (Å²) in [4.78, 5) is 0. The highest BCUT2D eigenvalue weighted by atomic mass is 19.3. The molecular formula is C34H42F6O3. The van der Waals surface area contributed by atoms with Crippen LogP contribution in [0.25, 0.3) is 0 Å². The zero-order chi connectivity index (χ0) is 30.6. The number of ether oxygens (including phenoxy) is 3. The molecule has 0 aromatic heterocycles. The van der Waals surface area contributed by atoms with Crippen LogP contribution >= 0.6 is 0 Å². The number of halogens is 6. The van der Waals surface area contributed by atoms with Crippen LogP contribution in [0.1, 0.15) is 107 Å². The number of hydrogen-bond acceptors (Lipinski definition) is 3. The Kier molecular flexibility index (Phi) is 10.6. The van der Waals surface area contributed by atoms with Crippen LogP contribution < -0.4 is 4.74 Å². The number of hydrogen-bond donors (Lipinski definition) is 0. The molecule has 2 aromatic rings. The fourth-order valence-corrected chi connectivity index (χ4v) is 7.21. The summed E-state index contributed by atoms with van der Waals surface area (Å²) in [6, 6.07) is 5.69. The molecule has 0 bridgehead atoms. The maximum Gasteiger partial charge on any atom is 0.400 e. The normalized spacial score (nSPS) is 28.5. The Morgan fingerprint density at radius 2 is 1.42 bits per heavy atom. The second-order valence-corrected chi connectivity index (χ2v) is 12.7. The van der Waals surface area contributed by atoms with Crippen molar-refractivity contribution in [2.45, 2.75) is 102 Å². The standard InChI is InChI=1S/C34H42F6O3/c1-2-3-4-5-21-6-8-22(9-7-21)25-19-41-33(42-20-25)24-12-15-28(29(35)16-24)23-10-13-26(14-11-23)34(39,40)43-27-17-30(36)32(38)31(37)18-27/h12,15-18,21-23,25-26,33H,2-11,13-14,19-20H2,1H3. The van der Waals surface area contributed by atoms with Crippen molar-refractivity contribution in [3.05, 3.63) is 64.7 Å². The minimum Gasteiger partial charge on any atom is -0.432 e. The van der Waals surface area contributed by atoms with Gasteiger partial charge in [-0.1, -0.05) is 57.6 Å². The molecule has 2 aliphatic carbocycles. The van der Waals surface area contributed by atoms with E-state index in [9.17, 15) is 22.0 Å². The molecule has 0 unspecified atom stereocenters. The third-order valence-electron chi connectivity index (χ3n) is 9.85. The van der Waals surface area contributed by atoms with Crippen molar-refractivity contribution < 1.29 is 40.6 Å². The lowest BCUT2D eigenvalue weighted by Gasteiger charge is -2.38. The van der Waals surface area contributed by atoms with Crippen LogP contribution in [0.2, 0.25) is 0 Å². The summed E-state index contributed by atoms with van der Waals surface area (Å²) in [6.45, 7) is 3.43. The van der Waals surface area contributed by atoms with Crippen molar-refractivity contribution in [2.75, 3.05) is 13.2 Å². The van der Waals surface area contributed by atoms with Crippen molar-refractivity contribution in [3.63, 3.8) is 0 Å². The second kappa shape index (κ2) is 14.2. The first kappa shape index (κ1) is 32.1. The molecular weight excluding hydrogens is 570 g/mol. The van der Waals surface area contributed by atoms with Crippen molar-refractivity contribution >= 4 is 0 Å². The highest BCUT2D eigenvalue weighted by molar-refractivity contribution is 5.29. The molecule has 0 spiro atoms. The van der Waals surface area contributed by atoms with Crippen LogP contribution in [0.5, 0.6) is 5.75 Å². The van der Waals surface area contributed by atoms with E-state index in [4.69, 9.17) is 9.47 Å². The van der Waals surface area contributed by atoms with E-state index in [2.05, 4.69) is 11.7 Å². The Bertz CT molecular complexity index is 1180. The molecule has 1 saturated heterocycles. The highest BCUT2D eigenvalue weighted by Crippen LogP contribution is 2.45. The summed E-state index contributed by atoms with van der Waals surface area (Å²) in [5.41, 5.74) is 1.06. The molecule has 1 aliphatic heterocycles. The van der Waals surface area contributed by atoms with Gasteiger partial charge in [0.15, 0.2) is 23.7 Å². The van der Waals surface area contributed by atoms with Gasteiger partial charge in [0.1, 0.15) is 11.6 Å². The predicted molar refractivity (Wildman–Crippen MR) is 151 cm³/mol. The average molecular weight is 613 g/mol. The van der Waals surface area contributed by atoms with Crippen LogP contribution in [0.4, 0.5) is 26.3 Å². The van der Waals surface area contributed by atoms with Gasteiger partial charge >= 0.3 is 6.11 Å². The summed E-state index contributed by atoms with van der Waals surface area (Å²) < 4.78 is 102. The van der Waals surface area contributed by atoms with Gasteiger partial charge in [-0.25, -0.2) is 17.6 Å². The molecule has 238 valence electrons. The molecule has 0 N–H and O–H groups in total. The first-order chi connectivity index (χ1) is 20.6. The molecule has 9 heteroatoms. The number of alkyl halides is 2. The van der Waals surface area contributed by atoms with Crippen LogP contribution in [0.15, 0.2) is 30.3 Å². The molecule has 0 radical (unpaired) electrons. The van der Waals surface area contributed by atoms with Crippen LogP contribution in [-0.2, 0) is 9.47 Å². The first-order valence-electron chi connectivity index (χ1n) is 15.9. The SMILES string of the molecule is CCCCCC1CCC(C2COC(c3ccc(C4CCC(C(F)(F)Oc5cc(F)c(F)c(F)c5)CC4)c(F)c3)OC2)CC1. The lowest BCUT2D eigenvalue weighted by atomic mass is 9.74. The van der Waals surface area contributed by atoms with Crippen molar-refractivity contribution in [2.24, 2.45) is 23.7 Å². The van der Waals surface area contributed by atoms with E-state index in [1.807, 2.05) is 0 Å². The first-order valence-corrected chi connectivity index (χ1v) is 15.9. The van der Waals surface area contributed by atoms with Gasteiger partial charge in [-0.2, -0.15) is 8.78 Å². The Morgan fingerprint density at radius 1 is 0.767 bits per heavy atom. The summed E-state index contributed by atoms with van der Waals surface area (Å²) in [7, 11) is 0. The Balaban J connectivity index is 1.09. The van der Waals surface area contributed by atoms with E-state index >= 15 is 4.39 Å². The van der Waals surface area contributed by atoms with Crippen molar-refractivity contribution in [3.8, 4) is 5.75 Å². The van der Waals surface area contributed by atoms with E-state index in [0.29, 0.717) is 61.2 Å². The Hall–Kier alpha value is -2.26.